The van der Waals surface area contributed by atoms with Gasteiger partial charge in [0.05, 0.1) is 6.61 Å². The molecule has 39 heavy (non-hydrogen) atoms. The van der Waals surface area contributed by atoms with E-state index >= 15 is 4.39 Å². The third kappa shape index (κ3) is 5.17. The largest absolute Gasteiger partial charge is 0.432 e. The first kappa shape index (κ1) is 25.3. The van der Waals surface area contributed by atoms with E-state index in [0.717, 1.165) is 35.2 Å². The molecule has 0 radical (unpaired) electrons. The summed E-state index contributed by atoms with van der Waals surface area (Å²) in [4.78, 5) is 9.45. The van der Waals surface area contributed by atoms with Gasteiger partial charge in [0, 0.05) is 43.9 Å². The molecule has 1 saturated carbocycles. The molecule has 1 fully saturated rings. The van der Waals surface area contributed by atoms with E-state index in [-0.39, 0.29) is 23.3 Å². The van der Waals surface area contributed by atoms with Crippen LogP contribution in [0.5, 0.6) is 0 Å². The molecule has 0 aliphatic heterocycles. The summed E-state index contributed by atoms with van der Waals surface area (Å²) in [7, 11) is 3.46. The van der Waals surface area contributed by atoms with Gasteiger partial charge in [0.25, 0.3) is 0 Å². The average Bonchev–Trinajstić information content (AvgIpc) is 3.54. The topological polar surface area (TPSA) is 90.9 Å². The van der Waals surface area contributed by atoms with Crippen molar-refractivity contribution in [3.05, 3.63) is 71.7 Å². The number of nitrogens with zero attached hydrogens (tertiary/aromatic N) is 5. The van der Waals surface area contributed by atoms with E-state index in [1.807, 2.05) is 32.2 Å². The van der Waals surface area contributed by atoms with Crippen LogP contribution in [0, 0.1) is 11.6 Å². The van der Waals surface area contributed by atoms with Gasteiger partial charge in [-0.15, -0.1) is 10.2 Å². The molecule has 0 unspecified atom stereocenters. The van der Waals surface area contributed by atoms with E-state index in [9.17, 15) is 4.39 Å². The van der Waals surface area contributed by atoms with Crippen molar-refractivity contribution in [2.24, 2.45) is 7.05 Å². The molecule has 200 valence electrons. The van der Waals surface area contributed by atoms with Crippen LogP contribution in [0.15, 0.2) is 53.2 Å². The Labute approximate surface area is 224 Å². The highest BCUT2D eigenvalue weighted by molar-refractivity contribution is 5.83. The minimum absolute atomic E-state index is 0.0837. The molecule has 1 N–H and O–H groups in total. The van der Waals surface area contributed by atoms with Crippen LogP contribution in [0.2, 0.25) is 0 Å². The van der Waals surface area contributed by atoms with Crippen molar-refractivity contribution >= 4 is 11.1 Å². The summed E-state index contributed by atoms with van der Waals surface area (Å²) < 4.78 is 42.2. The van der Waals surface area contributed by atoms with Crippen LogP contribution in [0.1, 0.15) is 36.9 Å². The quantitative estimate of drug-likeness (QED) is 0.264. The Morgan fingerprint density at radius 1 is 1.10 bits per heavy atom. The predicted molar refractivity (Wildman–Crippen MR) is 143 cm³/mol. The fraction of sp³-hybridized carbons (Fsp3) is 0.310. The third-order valence-electron chi connectivity index (χ3n) is 6.88. The number of hydrogen-bond donors (Lipinski definition) is 1. The summed E-state index contributed by atoms with van der Waals surface area (Å²) in [5, 5.41) is 11.5. The fourth-order valence-electron chi connectivity index (χ4n) is 4.74. The molecular weight excluding hydrogens is 502 g/mol. The van der Waals surface area contributed by atoms with Gasteiger partial charge in [0.2, 0.25) is 5.89 Å². The highest BCUT2D eigenvalue weighted by atomic mass is 19.1. The lowest BCUT2D eigenvalue weighted by Gasteiger charge is -2.12. The van der Waals surface area contributed by atoms with E-state index in [1.165, 1.54) is 18.2 Å². The third-order valence-corrected chi connectivity index (χ3v) is 6.88. The number of methoxy groups -OCH3 is 1. The summed E-state index contributed by atoms with van der Waals surface area (Å²) in [6, 6.07) is 11.8. The van der Waals surface area contributed by atoms with Crippen molar-refractivity contribution < 1.29 is 17.9 Å². The SMILES string of the molecule is COC[C@H](C)NCc1cc(F)c2oc(-c3cc(-c4ccc(F)cc4-c4nncn4C)cc(C4CC4)n3)nc2c1. The molecule has 1 aliphatic rings. The zero-order valence-corrected chi connectivity index (χ0v) is 21.9. The number of aryl methyl sites for hydroxylation is 1. The van der Waals surface area contributed by atoms with Crippen LogP contribution < -0.4 is 5.32 Å². The van der Waals surface area contributed by atoms with E-state index < -0.39 is 5.82 Å². The maximum Gasteiger partial charge on any atom is 0.246 e. The van der Waals surface area contributed by atoms with Crippen LogP contribution in [-0.2, 0) is 18.3 Å². The van der Waals surface area contributed by atoms with Gasteiger partial charge >= 0.3 is 0 Å². The Balaban J connectivity index is 1.42. The molecule has 1 atom stereocenters. The molecule has 10 heteroatoms. The van der Waals surface area contributed by atoms with Gasteiger partial charge in [0.15, 0.2) is 17.2 Å². The van der Waals surface area contributed by atoms with Crippen molar-refractivity contribution in [3.63, 3.8) is 0 Å². The maximum absolute atomic E-state index is 15.0. The molecule has 8 nitrogen and oxygen atoms in total. The maximum atomic E-state index is 15.0. The van der Waals surface area contributed by atoms with Crippen LogP contribution in [0.3, 0.4) is 0 Å². The number of pyridine rings is 1. The minimum atomic E-state index is -0.482. The van der Waals surface area contributed by atoms with Crippen LogP contribution in [-0.4, -0.2) is 44.5 Å². The Morgan fingerprint density at radius 2 is 1.95 bits per heavy atom. The van der Waals surface area contributed by atoms with E-state index in [4.69, 9.17) is 14.1 Å². The van der Waals surface area contributed by atoms with Gasteiger partial charge in [-0.25, -0.2) is 18.7 Å². The van der Waals surface area contributed by atoms with Crippen molar-refractivity contribution in [3.8, 4) is 34.1 Å². The Morgan fingerprint density at radius 3 is 2.69 bits per heavy atom. The van der Waals surface area contributed by atoms with Crippen molar-refractivity contribution in [2.75, 3.05) is 13.7 Å². The number of ether oxygens (including phenoxy) is 1. The summed E-state index contributed by atoms with van der Waals surface area (Å²) in [6.07, 6.45) is 3.65. The van der Waals surface area contributed by atoms with Crippen LogP contribution in [0.4, 0.5) is 8.78 Å². The standard InChI is InChI=1S/C29H28F2N6O2/c1-16(14-38-3)32-13-17-8-23(31)27-25(9-17)35-29(39-27)26-11-19(10-24(34-26)18-4-5-18)21-7-6-20(30)12-22(21)28-36-33-15-37(28)2/h6-12,15-16,18,32H,4-5,13-14H2,1-3H3/t16-/m0/s1. The van der Waals surface area contributed by atoms with Crippen LogP contribution in [0.25, 0.3) is 45.2 Å². The summed E-state index contributed by atoms with van der Waals surface area (Å²) in [6.45, 7) is 3.02. The van der Waals surface area contributed by atoms with E-state index in [1.54, 1.807) is 24.1 Å². The number of nitrogens with one attached hydrogen (secondary N) is 1. The molecule has 5 aromatic rings. The normalized spacial score (nSPS) is 14.3. The highest BCUT2D eigenvalue weighted by Crippen LogP contribution is 2.42. The van der Waals surface area contributed by atoms with E-state index in [0.29, 0.717) is 41.7 Å². The molecule has 6 rings (SSSR count). The first-order valence-corrected chi connectivity index (χ1v) is 12.9. The fourth-order valence-corrected chi connectivity index (χ4v) is 4.74. The number of benzene rings is 2. The number of aromatic nitrogens is 5. The molecule has 3 heterocycles. The summed E-state index contributed by atoms with van der Waals surface area (Å²) >= 11 is 0. The minimum Gasteiger partial charge on any atom is -0.432 e. The number of fused-ring (bicyclic) bond motifs is 1. The molecule has 0 amide bonds. The van der Waals surface area contributed by atoms with Crippen molar-refractivity contribution in [1.29, 1.82) is 0 Å². The number of oxazole rings is 1. The van der Waals surface area contributed by atoms with Gasteiger partial charge in [-0.3, -0.25) is 0 Å². The Bertz CT molecular complexity index is 1660. The summed E-state index contributed by atoms with van der Waals surface area (Å²) in [5.74, 6) is 0.248. The zero-order chi connectivity index (χ0) is 27.1. The number of halogens is 2. The van der Waals surface area contributed by atoms with Crippen LogP contribution >= 0.6 is 0 Å². The van der Waals surface area contributed by atoms with Crippen molar-refractivity contribution in [2.45, 2.75) is 38.3 Å². The molecular formula is C29H28F2N6O2. The number of rotatable bonds is 9. The lowest BCUT2D eigenvalue weighted by atomic mass is 9.97. The second-order valence-electron chi connectivity index (χ2n) is 10.1. The molecule has 0 bridgehead atoms. The second-order valence-corrected chi connectivity index (χ2v) is 10.1. The molecule has 3 aromatic heterocycles. The molecule has 0 spiro atoms. The van der Waals surface area contributed by atoms with Gasteiger partial charge in [-0.2, -0.15) is 0 Å². The first-order valence-electron chi connectivity index (χ1n) is 12.9. The second kappa shape index (κ2) is 10.3. The Hall–Kier alpha value is -4.02. The van der Waals surface area contributed by atoms with Gasteiger partial charge in [-0.05, 0) is 72.9 Å². The van der Waals surface area contributed by atoms with Crippen molar-refractivity contribution in [1.82, 2.24) is 30.0 Å². The predicted octanol–water partition coefficient (Wildman–Crippen LogP) is 5.63. The highest BCUT2D eigenvalue weighted by Gasteiger charge is 2.27. The lowest BCUT2D eigenvalue weighted by molar-refractivity contribution is 0.171. The average molecular weight is 531 g/mol. The van der Waals surface area contributed by atoms with Gasteiger partial charge < -0.3 is 19.0 Å². The van der Waals surface area contributed by atoms with E-state index in [2.05, 4.69) is 20.5 Å². The lowest BCUT2D eigenvalue weighted by Crippen LogP contribution is -2.29. The smallest absolute Gasteiger partial charge is 0.246 e. The van der Waals surface area contributed by atoms with Gasteiger partial charge in [0.1, 0.15) is 23.4 Å². The van der Waals surface area contributed by atoms with Gasteiger partial charge in [-0.1, -0.05) is 6.07 Å². The number of hydrogen-bond acceptors (Lipinski definition) is 7. The first-order chi connectivity index (χ1) is 18.9. The Kier molecular flexibility index (Phi) is 6.66. The monoisotopic (exact) mass is 530 g/mol. The molecule has 1 aliphatic carbocycles. The zero-order valence-electron chi connectivity index (χ0n) is 21.9. The molecule has 0 saturated heterocycles. The molecule has 2 aromatic carbocycles. The summed E-state index contributed by atoms with van der Waals surface area (Å²) in [5.41, 5.74) is 4.85.